The molecule has 2 heterocycles. The molecule has 4 heteroatoms. The minimum absolute atomic E-state index is 0.539. The summed E-state index contributed by atoms with van der Waals surface area (Å²) in [5.41, 5.74) is 0. The van der Waals surface area contributed by atoms with Gasteiger partial charge in [0.15, 0.2) is 0 Å². The zero-order chi connectivity index (χ0) is 12.1. The third kappa shape index (κ3) is 3.53. The van der Waals surface area contributed by atoms with E-state index in [0.29, 0.717) is 12.6 Å². The smallest absolute Gasteiger partial charge is 0.0866 e. The van der Waals surface area contributed by atoms with Gasteiger partial charge in [0, 0.05) is 24.0 Å². The lowest BCUT2D eigenvalue weighted by molar-refractivity contribution is 0.121. The van der Waals surface area contributed by atoms with Gasteiger partial charge in [-0.1, -0.05) is 6.07 Å². The lowest BCUT2D eigenvalue weighted by atomic mass is 10.0. The topological polar surface area (TPSA) is 30.3 Å². The summed E-state index contributed by atoms with van der Waals surface area (Å²) in [6.45, 7) is 3.89. The number of piperidine rings is 1. The molecule has 1 atom stereocenters. The van der Waals surface area contributed by atoms with E-state index < -0.39 is 0 Å². The van der Waals surface area contributed by atoms with Crippen LogP contribution in [0.15, 0.2) is 17.5 Å². The zero-order valence-corrected chi connectivity index (χ0v) is 11.1. The quantitative estimate of drug-likeness (QED) is 0.766. The first-order valence-corrected chi connectivity index (χ1v) is 6.99. The standard InChI is InChI=1S/C13H19N3S/c1-15(8-6-14)12-4-2-7-16(10-12)11-13-5-3-9-17-13/h3,5,9,12H,2,4,7-8,10-11H2,1H3. The first-order chi connectivity index (χ1) is 8.29. The highest BCUT2D eigenvalue weighted by molar-refractivity contribution is 7.09. The minimum atomic E-state index is 0.539. The van der Waals surface area contributed by atoms with E-state index in [1.807, 2.05) is 11.3 Å². The molecule has 0 saturated carbocycles. The van der Waals surface area contributed by atoms with Gasteiger partial charge < -0.3 is 0 Å². The molecule has 1 aliphatic heterocycles. The maximum atomic E-state index is 8.74. The number of nitriles is 1. The molecular formula is C13H19N3S. The third-order valence-electron chi connectivity index (χ3n) is 3.38. The summed E-state index contributed by atoms with van der Waals surface area (Å²) in [6, 6.07) is 7.10. The Labute approximate surface area is 107 Å². The SMILES string of the molecule is CN(CC#N)C1CCCN(Cc2cccs2)C1. The van der Waals surface area contributed by atoms with Crippen molar-refractivity contribution in [2.75, 3.05) is 26.7 Å². The number of thiophene rings is 1. The van der Waals surface area contributed by atoms with Crippen LogP contribution in [0.2, 0.25) is 0 Å². The van der Waals surface area contributed by atoms with Crippen molar-refractivity contribution in [2.45, 2.75) is 25.4 Å². The van der Waals surface area contributed by atoms with Gasteiger partial charge in [-0.05, 0) is 37.9 Å². The Morgan fingerprint density at radius 3 is 3.24 bits per heavy atom. The van der Waals surface area contributed by atoms with Crippen molar-refractivity contribution in [1.82, 2.24) is 9.80 Å². The monoisotopic (exact) mass is 249 g/mol. The van der Waals surface area contributed by atoms with Crippen LogP contribution in [0.5, 0.6) is 0 Å². The normalized spacial score (nSPS) is 21.6. The second-order valence-electron chi connectivity index (χ2n) is 4.68. The van der Waals surface area contributed by atoms with Gasteiger partial charge in [-0.3, -0.25) is 9.80 Å². The summed E-state index contributed by atoms with van der Waals surface area (Å²) < 4.78 is 0. The number of hydrogen-bond donors (Lipinski definition) is 0. The number of rotatable bonds is 4. The lowest BCUT2D eigenvalue weighted by Crippen LogP contribution is -2.46. The van der Waals surface area contributed by atoms with Crippen molar-refractivity contribution in [3.05, 3.63) is 22.4 Å². The predicted molar refractivity (Wildman–Crippen MR) is 70.9 cm³/mol. The highest BCUT2D eigenvalue weighted by atomic mass is 32.1. The highest BCUT2D eigenvalue weighted by Crippen LogP contribution is 2.18. The Kier molecular flexibility index (Phi) is 4.55. The van der Waals surface area contributed by atoms with Crippen molar-refractivity contribution in [3.8, 4) is 6.07 Å². The summed E-state index contributed by atoms with van der Waals surface area (Å²) in [5, 5.41) is 10.9. The Morgan fingerprint density at radius 1 is 1.65 bits per heavy atom. The fourth-order valence-electron chi connectivity index (χ4n) is 2.40. The molecule has 92 valence electrons. The fourth-order valence-corrected chi connectivity index (χ4v) is 3.14. The molecule has 1 aromatic rings. The molecule has 1 saturated heterocycles. The second kappa shape index (κ2) is 6.15. The largest absolute Gasteiger partial charge is 0.297 e. The Morgan fingerprint density at radius 2 is 2.53 bits per heavy atom. The van der Waals surface area contributed by atoms with Gasteiger partial charge in [-0.2, -0.15) is 5.26 Å². The van der Waals surface area contributed by atoms with Crippen LogP contribution in [0, 0.1) is 11.3 Å². The van der Waals surface area contributed by atoms with Crippen LogP contribution >= 0.6 is 11.3 Å². The van der Waals surface area contributed by atoms with Crippen molar-refractivity contribution in [3.63, 3.8) is 0 Å². The van der Waals surface area contributed by atoms with Crippen LogP contribution in [0.3, 0.4) is 0 Å². The number of likely N-dealkylation sites (N-methyl/N-ethyl adjacent to an activating group) is 1. The maximum absolute atomic E-state index is 8.74. The van der Waals surface area contributed by atoms with Crippen molar-refractivity contribution < 1.29 is 0 Å². The van der Waals surface area contributed by atoms with E-state index in [-0.39, 0.29) is 0 Å². The van der Waals surface area contributed by atoms with Gasteiger partial charge in [-0.25, -0.2) is 0 Å². The van der Waals surface area contributed by atoms with Gasteiger partial charge >= 0.3 is 0 Å². The number of hydrogen-bond acceptors (Lipinski definition) is 4. The van der Waals surface area contributed by atoms with Crippen molar-refractivity contribution in [2.24, 2.45) is 0 Å². The van der Waals surface area contributed by atoms with Crippen molar-refractivity contribution >= 4 is 11.3 Å². The third-order valence-corrected chi connectivity index (χ3v) is 4.24. The van der Waals surface area contributed by atoms with Crippen LogP contribution in [0.25, 0.3) is 0 Å². The number of nitrogens with zero attached hydrogens (tertiary/aromatic N) is 3. The molecule has 0 aliphatic carbocycles. The van der Waals surface area contributed by atoms with E-state index in [9.17, 15) is 0 Å². The van der Waals surface area contributed by atoms with Gasteiger partial charge in [0.05, 0.1) is 12.6 Å². The second-order valence-corrected chi connectivity index (χ2v) is 5.72. The molecule has 3 nitrogen and oxygen atoms in total. The van der Waals surface area contributed by atoms with Crippen LogP contribution < -0.4 is 0 Å². The van der Waals surface area contributed by atoms with E-state index in [0.717, 1.165) is 13.1 Å². The summed E-state index contributed by atoms with van der Waals surface area (Å²) in [5.74, 6) is 0. The van der Waals surface area contributed by atoms with E-state index in [4.69, 9.17) is 5.26 Å². The molecule has 0 radical (unpaired) electrons. The molecular weight excluding hydrogens is 230 g/mol. The Balaban J connectivity index is 1.86. The molecule has 0 aromatic carbocycles. The summed E-state index contributed by atoms with van der Waals surface area (Å²) >= 11 is 1.83. The van der Waals surface area contributed by atoms with Crippen LogP contribution in [0.4, 0.5) is 0 Å². The highest BCUT2D eigenvalue weighted by Gasteiger charge is 2.22. The molecule has 2 rings (SSSR count). The van der Waals surface area contributed by atoms with E-state index in [1.54, 1.807) is 0 Å². The van der Waals surface area contributed by atoms with Crippen LogP contribution in [-0.2, 0) is 6.54 Å². The maximum Gasteiger partial charge on any atom is 0.0866 e. The van der Waals surface area contributed by atoms with Gasteiger partial charge in [0.1, 0.15) is 0 Å². The van der Waals surface area contributed by atoms with Gasteiger partial charge in [0.2, 0.25) is 0 Å². The Hall–Kier alpha value is -0.890. The molecule has 0 spiro atoms. The molecule has 1 unspecified atom stereocenters. The predicted octanol–water partition coefficient (Wildman–Crippen LogP) is 2.17. The summed E-state index contributed by atoms with van der Waals surface area (Å²) in [7, 11) is 2.06. The van der Waals surface area contributed by atoms with Crippen LogP contribution in [-0.4, -0.2) is 42.5 Å². The van der Waals surface area contributed by atoms with Gasteiger partial charge in [-0.15, -0.1) is 11.3 Å². The van der Waals surface area contributed by atoms with E-state index in [2.05, 4.69) is 40.4 Å². The summed E-state index contributed by atoms with van der Waals surface area (Å²) in [4.78, 5) is 6.13. The molecule has 0 N–H and O–H groups in total. The first kappa shape index (κ1) is 12.6. The summed E-state index contributed by atoms with van der Waals surface area (Å²) in [6.07, 6.45) is 2.46. The average Bonchev–Trinajstić information content (AvgIpc) is 2.82. The molecule has 1 aliphatic rings. The zero-order valence-electron chi connectivity index (χ0n) is 10.3. The molecule has 0 amide bonds. The van der Waals surface area contributed by atoms with Gasteiger partial charge in [0.25, 0.3) is 0 Å². The molecule has 1 fully saturated rings. The molecule has 1 aromatic heterocycles. The lowest BCUT2D eigenvalue weighted by Gasteiger charge is -2.36. The fraction of sp³-hybridized carbons (Fsp3) is 0.615. The first-order valence-electron chi connectivity index (χ1n) is 6.11. The Bertz CT molecular complexity index is 369. The molecule has 17 heavy (non-hydrogen) atoms. The number of likely N-dealkylation sites (tertiary alicyclic amines) is 1. The average molecular weight is 249 g/mol. The van der Waals surface area contributed by atoms with Crippen molar-refractivity contribution in [1.29, 1.82) is 5.26 Å². The van der Waals surface area contributed by atoms with E-state index in [1.165, 1.54) is 24.3 Å². The molecule has 0 bridgehead atoms. The minimum Gasteiger partial charge on any atom is -0.297 e. The van der Waals surface area contributed by atoms with Crippen LogP contribution in [0.1, 0.15) is 17.7 Å². The van der Waals surface area contributed by atoms with E-state index >= 15 is 0 Å².